The molecule has 2 aromatic rings. The minimum absolute atomic E-state index is 0.0309. The van der Waals surface area contributed by atoms with Crippen molar-refractivity contribution in [2.24, 2.45) is 0 Å². The number of nitrogens with one attached hydrogen (secondary N) is 1. The zero-order chi connectivity index (χ0) is 18.9. The van der Waals surface area contributed by atoms with Gasteiger partial charge in [-0.3, -0.25) is 4.79 Å². The van der Waals surface area contributed by atoms with Gasteiger partial charge in [0.05, 0.1) is 13.2 Å². The van der Waals surface area contributed by atoms with Crippen LogP contribution in [0.1, 0.15) is 19.4 Å². The van der Waals surface area contributed by atoms with E-state index in [9.17, 15) is 10.1 Å². The Morgan fingerprint density at radius 2 is 1.88 bits per heavy atom. The van der Waals surface area contributed by atoms with E-state index in [1.165, 1.54) is 6.08 Å². The maximum absolute atomic E-state index is 12.3. The van der Waals surface area contributed by atoms with Crippen LogP contribution in [-0.2, 0) is 4.79 Å². The number of anilines is 1. The van der Waals surface area contributed by atoms with E-state index in [-0.39, 0.29) is 5.57 Å². The molecule has 0 aliphatic carbocycles. The van der Waals surface area contributed by atoms with Crippen molar-refractivity contribution in [1.82, 2.24) is 0 Å². The standard InChI is InChI=1S/C20H19ClN2O3/c1-3-25-18-9-8-14(11-19(18)26-4-2)10-15(13-22)20(24)23-17-7-5-6-16(21)12-17/h5-12H,3-4H2,1-2H3,(H,23,24)/b15-10+. The van der Waals surface area contributed by atoms with E-state index < -0.39 is 5.91 Å². The van der Waals surface area contributed by atoms with Crippen LogP contribution in [0.25, 0.3) is 6.08 Å². The number of benzene rings is 2. The van der Waals surface area contributed by atoms with Gasteiger partial charge in [0.1, 0.15) is 11.6 Å². The SMILES string of the molecule is CCOc1ccc(/C=C(\C#N)C(=O)Nc2cccc(Cl)c2)cc1OCC. The van der Waals surface area contributed by atoms with E-state index in [2.05, 4.69) is 5.32 Å². The van der Waals surface area contributed by atoms with Gasteiger partial charge in [-0.25, -0.2) is 0 Å². The number of hydrogen-bond donors (Lipinski definition) is 1. The number of carbonyl (C=O) groups excluding carboxylic acids is 1. The minimum atomic E-state index is -0.512. The maximum Gasteiger partial charge on any atom is 0.266 e. The van der Waals surface area contributed by atoms with Gasteiger partial charge in [0.2, 0.25) is 0 Å². The third-order valence-electron chi connectivity index (χ3n) is 3.33. The zero-order valence-corrected chi connectivity index (χ0v) is 15.3. The van der Waals surface area contributed by atoms with E-state index in [1.54, 1.807) is 42.5 Å². The van der Waals surface area contributed by atoms with Crippen LogP contribution in [0.2, 0.25) is 5.02 Å². The quantitative estimate of drug-likeness (QED) is 0.567. The highest BCUT2D eigenvalue weighted by atomic mass is 35.5. The predicted molar refractivity (Wildman–Crippen MR) is 102 cm³/mol. The summed E-state index contributed by atoms with van der Waals surface area (Å²) in [5.41, 5.74) is 1.15. The smallest absolute Gasteiger partial charge is 0.266 e. The van der Waals surface area contributed by atoms with Crippen LogP contribution in [0.15, 0.2) is 48.0 Å². The molecule has 1 amide bonds. The Morgan fingerprint density at radius 3 is 2.54 bits per heavy atom. The van der Waals surface area contributed by atoms with Crippen molar-refractivity contribution in [3.63, 3.8) is 0 Å². The molecule has 2 aromatic carbocycles. The van der Waals surface area contributed by atoms with Crippen molar-refractivity contribution in [2.75, 3.05) is 18.5 Å². The molecule has 0 heterocycles. The van der Waals surface area contributed by atoms with Gasteiger partial charge in [0.25, 0.3) is 5.91 Å². The van der Waals surface area contributed by atoms with Gasteiger partial charge in [0, 0.05) is 10.7 Å². The average molecular weight is 371 g/mol. The predicted octanol–water partition coefficient (Wildman–Crippen LogP) is 4.68. The molecule has 0 unspecified atom stereocenters. The van der Waals surface area contributed by atoms with E-state index in [0.717, 1.165) is 0 Å². The van der Waals surface area contributed by atoms with Crippen LogP contribution >= 0.6 is 11.6 Å². The van der Waals surface area contributed by atoms with Crippen LogP contribution in [0, 0.1) is 11.3 Å². The van der Waals surface area contributed by atoms with Gasteiger partial charge in [-0.1, -0.05) is 23.7 Å². The Labute approximate surface area is 157 Å². The van der Waals surface area contributed by atoms with Gasteiger partial charge < -0.3 is 14.8 Å². The molecule has 5 nitrogen and oxygen atoms in total. The fourth-order valence-electron chi connectivity index (χ4n) is 2.24. The molecular formula is C20H19ClN2O3. The number of carbonyl (C=O) groups is 1. The van der Waals surface area contributed by atoms with Crippen LogP contribution in [0.5, 0.6) is 11.5 Å². The lowest BCUT2D eigenvalue weighted by molar-refractivity contribution is -0.112. The summed E-state index contributed by atoms with van der Waals surface area (Å²) in [6.45, 7) is 4.75. The molecule has 0 fully saturated rings. The van der Waals surface area contributed by atoms with Gasteiger partial charge in [-0.15, -0.1) is 0 Å². The molecule has 0 saturated carbocycles. The number of rotatable bonds is 7. The number of nitrogens with zero attached hydrogens (tertiary/aromatic N) is 1. The van der Waals surface area contributed by atoms with Crippen molar-refractivity contribution >= 4 is 29.3 Å². The van der Waals surface area contributed by atoms with Gasteiger partial charge >= 0.3 is 0 Å². The summed E-state index contributed by atoms with van der Waals surface area (Å²) < 4.78 is 11.1. The molecule has 0 spiro atoms. The first-order valence-corrected chi connectivity index (χ1v) is 8.53. The first kappa shape index (κ1) is 19.4. The van der Waals surface area contributed by atoms with Crippen molar-refractivity contribution in [1.29, 1.82) is 5.26 Å². The molecule has 2 rings (SSSR count). The largest absolute Gasteiger partial charge is 0.490 e. The van der Waals surface area contributed by atoms with E-state index in [4.69, 9.17) is 21.1 Å². The molecule has 0 saturated heterocycles. The van der Waals surface area contributed by atoms with Crippen LogP contribution < -0.4 is 14.8 Å². The van der Waals surface area contributed by atoms with E-state index >= 15 is 0 Å². The second-order valence-electron chi connectivity index (χ2n) is 5.21. The molecular weight excluding hydrogens is 352 g/mol. The monoisotopic (exact) mass is 370 g/mol. The summed E-state index contributed by atoms with van der Waals surface area (Å²) in [6.07, 6.45) is 1.50. The number of nitriles is 1. The lowest BCUT2D eigenvalue weighted by atomic mass is 10.1. The Balaban J connectivity index is 2.25. The van der Waals surface area contributed by atoms with Crippen molar-refractivity contribution in [3.8, 4) is 17.6 Å². The Bertz CT molecular complexity index is 856. The summed E-state index contributed by atoms with van der Waals surface area (Å²) in [5, 5.41) is 12.5. The molecule has 0 bridgehead atoms. The van der Waals surface area contributed by atoms with Gasteiger partial charge in [0.15, 0.2) is 11.5 Å². The Kier molecular flexibility index (Phi) is 7.07. The lowest BCUT2D eigenvalue weighted by Crippen LogP contribution is -2.13. The Hall–Kier alpha value is -2.97. The molecule has 134 valence electrons. The summed E-state index contributed by atoms with van der Waals surface area (Å²) >= 11 is 5.90. The van der Waals surface area contributed by atoms with Crippen molar-refractivity contribution in [3.05, 3.63) is 58.6 Å². The summed E-state index contributed by atoms with van der Waals surface area (Å²) in [5.74, 6) is 0.672. The number of halogens is 1. The first-order valence-electron chi connectivity index (χ1n) is 8.15. The molecule has 26 heavy (non-hydrogen) atoms. The van der Waals surface area contributed by atoms with Crippen molar-refractivity contribution in [2.45, 2.75) is 13.8 Å². The summed E-state index contributed by atoms with van der Waals surface area (Å²) in [4.78, 5) is 12.3. The van der Waals surface area contributed by atoms with E-state index in [0.29, 0.717) is 41.0 Å². The van der Waals surface area contributed by atoms with Crippen LogP contribution in [-0.4, -0.2) is 19.1 Å². The fraction of sp³-hybridized carbons (Fsp3) is 0.200. The number of amides is 1. The van der Waals surface area contributed by atoms with Gasteiger partial charge in [-0.2, -0.15) is 5.26 Å². The number of ether oxygens (including phenoxy) is 2. The molecule has 0 atom stereocenters. The fourth-order valence-corrected chi connectivity index (χ4v) is 2.43. The summed E-state index contributed by atoms with van der Waals surface area (Å²) in [7, 11) is 0. The normalized spacial score (nSPS) is 10.8. The highest BCUT2D eigenvalue weighted by molar-refractivity contribution is 6.31. The number of hydrogen-bond acceptors (Lipinski definition) is 4. The van der Waals surface area contributed by atoms with Crippen LogP contribution in [0.3, 0.4) is 0 Å². The minimum Gasteiger partial charge on any atom is -0.490 e. The Morgan fingerprint density at radius 1 is 1.15 bits per heavy atom. The molecule has 6 heteroatoms. The molecule has 1 N–H and O–H groups in total. The molecule has 0 aliphatic rings. The highest BCUT2D eigenvalue weighted by Gasteiger charge is 2.11. The highest BCUT2D eigenvalue weighted by Crippen LogP contribution is 2.29. The third kappa shape index (κ3) is 5.27. The first-order chi connectivity index (χ1) is 12.6. The van der Waals surface area contributed by atoms with Crippen LogP contribution in [0.4, 0.5) is 5.69 Å². The molecule has 0 radical (unpaired) electrons. The lowest BCUT2D eigenvalue weighted by Gasteiger charge is -2.11. The second kappa shape index (κ2) is 9.50. The second-order valence-corrected chi connectivity index (χ2v) is 5.64. The zero-order valence-electron chi connectivity index (χ0n) is 14.6. The van der Waals surface area contributed by atoms with E-state index in [1.807, 2.05) is 19.9 Å². The summed E-state index contributed by atoms with van der Waals surface area (Å²) in [6, 6.07) is 13.9. The topological polar surface area (TPSA) is 71.3 Å². The molecule has 0 aliphatic heterocycles. The van der Waals surface area contributed by atoms with Gasteiger partial charge in [-0.05, 0) is 55.8 Å². The maximum atomic E-state index is 12.3. The molecule has 0 aromatic heterocycles. The third-order valence-corrected chi connectivity index (χ3v) is 3.56. The average Bonchev–Trinajstić information content (AvgIpc) is 2.62. The van der Waals surface area contributed by atoms with Crippen molar-refractivity contribution < 1.29 is 14.3 Å².